The van der Waals surface area contributed by atoms with Crippen molar-refractivity contribution in [3.63, 3.8) is 0 Å². The highest BCUT2D eigenvalue weighted by Crippen LogP contribution is 2.36. The second-order valence-corrected chi connectivity index (χ2v) is 6.55. The summed E-state index contributed by atoms with van der Waals surface area (Å²) < 4.78 is 2.02. The zero-order chi connectivity index (χ0) is 13.0. The molecule has 6 heteroatoms. The van der Waals surface area contributed by atoms with Crippen LogP contribution in [0.5, 0.6) is 0 Å². The summed E-state index contributed by atoms with van der Waals surface area (Å²) in [6.45, 7) is 4.15. The van der Waals surface area contributed by atoms with Crippen molar-refractivity contribution in [3.05, 3.63) is 18.2 Å². The Morgan fingerprint density at radius 2 is 2.56 bits per heavy atom. The molecule has 1 aliphatic heterocycles. The molecule has 1 amide bonds. The Hall–Kier alpha value is -1.01. The fraction of sp³-hybridized carbons (Fsp3) is 0.667. The van der Waals surface area contributed by atoms with Crippen molar-refractivity contribution in [2.75, 3.05) is 18.8 Å². The molecule has 0 spiro atoms. The molecule has 1 fully saturated rings. The number of nitrogens with zero attached hydrogens (tertiary/aromatic N) is 2. The third-order valence-electron chi connectivity index (χ3n) is 3.18. The zero-order valence-corrected chi connectivity index (χ0v) is 11.5. The van der Waals surface area contributed by atoms with Gasteiger partial charge in [0.15, 0.2) is 0 Å². The molecule has 5 nitrogen and oxygen atoms in total. The summed E-state index contributed by atoms with van der Waals surface area (Å²) in [6, 6.07) is 0. The number of thioether (sulfide) groups is 1. The lowest BCUT2D eigenvalue weighted by Crippen LogP contribution is -2.36. The van der Waals surface area contributed by atoms with E-state index < -0.39 is 0 Å². The Bertz CT molecular complexity index is 412. The van der Waals surface area contributed by atoms with Crippen LogP contribution in [-0.4, -0.2) is 39.0 Å². The number of aromatic nitrogens is 2. The Morgan fingerprint density at radius 3 is 3.22 bits per heavy atom. The fourth-order valence-electron chi connectivity index (χ4n) is 2.08. The molecule has 1 saturated heterocycles. The number of rotatable bonds is 5. The monoisotopic (exact) mass is 268 g/mol. The van der Waals surface area contributed by atoms with Crippen LogP contribution >= 0.6 is 11.8 Å². The number of nitrogens with one attached hydrogen (secondary N) is 1. The van der Waals surface area contributed by atoms with Crippen molar-refractivity contribution in [1.29, 1.82) is 0 Å². The van der Waals surface area contributed by atoms with Crippen LogP contribution < -0.4 is 11.1 Å². The molecule has 0 aliphatic carbocycles. The van der Waals surface area contributed by atoms with Crippen LogP contribution in [0.1, 0.15) is 30.3 Å². The largest absolute Gasteiger partial charge is 0.349 e. The van der Waals surface area contributed by atoms with Gasteiger partial charge in [0.25, 0.3) is 5.91 Å². The maximum absolute atomic E-state index is 11.9. The molecule has 1 aliphatic rings. The Balaban J connectivity index is 1.87. The lowest BCUT2D eigenvalue weighted by atomic mass is 10.1. The quantitative estimate of drug-likeness (QED) is 0.830. The molecule has 18 heavy (non-hydrogen) atoms. The molecule has 1 atom stereocenters. The van der Waals surface area contributed by atoms with Gasteiger partial charge in [0.05, 0.1) is 6.33 Å². The molecular formula is C12H20N4OS. The lowest BCUT2D eigenvalue weighted by Gasteiger charge is -2.22. The van der Waals surface area contributed by atoms with Gasteiger partial charge in [-0.25, -0.2) is 4.98 Å². The summed E-state index contributed by atoms with van der Waals surface area (Å²) in [4.78, 5) is 16.0. The van der Waals surface area contributed by atoms with E-state index in [0.29, 0.717) is 25.3 Å². The molecule has 100 valence electrons. The van der Waals surface area contributed by atoms with Gasteiger partial charge in [0.2, 0.25) is 0 Å². The van der Waals surface area contributed by atoms with Crippen LogP contribution in [0.2, 0.25) is 0 Å². The minimum absolute atomic E-state index is 0.0977. The van der Waals surface area contributed by atoms with Crippen molar-refractivity contribution in [1.82, 2.24) is 14.9 Å². The third kappa shape index (κ3) is 3.26. The van der Waals surface area contributed by atoms with E-state index in [2.05, 4.69) is 17.2 Å². The third-order valence-corrected chi connectivity index (χ3v) is 4.71. The minimum Gasteiger partial charge on any atom is -0.349 e. The molecule has 2 heterocycles. The molecule has 1 aromatic rings. The van der Waals surface area contributed by atoms with Crippen molar-refractivity contribution in [3.8, 4) is 0 Å². The lowest BCUT2D eigenvalue weighted by molar-refractivity contribution is 0.0945. The standard InChI is InChI=1S/C12H20N4OS/c1-12(3-2-6-18-12)8-14-11(17)10-7-16(5-4-13)9-15-10/h7,9H,2-6,8,13H2,1H3,(H,14,17). The summed E-state index contributed by atoms with van der Waals surface area (Å²) in [5.74, 6) is 1.09. The van der Waals surface area contributed by atoms with Gasteiger partial charge in [-0.2, -0.15) is 11.8 Å². The van der Waals surface area contributed by atoms with E-state index in [-0.39, 0.29) is 10.7 Å². The van der Waals surface area contributed by atoms with Crippen LogP contribution in [0.15, 0.2) is 12.5 Å². The van der Waals surface area contributed by atoms with Crippen molar-refractivity contribution in [2.24, 2.45) is 5.73 Å². The van der Waals surface area contributed by atoms with Crippen LogP contribution in [0, 0.1) is 0 Å². The molecule has 0 saturated carbocycles. The SMILES string of the molecule is CC1(CNC(=O)c2cn(CCN)cn2)CCCS1. The number of amides is 1. The zero-order valence-electron chi connectivity index (χ0n) is 10.7. The van der Waals surface area contributed by atoms with Gasteiger partial charge >= 0.3 is 0 Å². The molecule has 3 N–H and O–H groups in total. The average molecular weight is 268 g/mol. The van der Waals surface area contributed by atoms with Gasteiger partial charge in [-0.15, -0.1) is 0 Å². The molecule has 1 unspecified atom stereocenters. The summed E-state index contributed by atoms with van der Waals surface area (Å²) >= 11 is 1.94. The highest BCUT2D eigenvalue weighted by molar-refractivity contribution is 8.00. The molecule has 0 radical (unpaired) electrons. The number of hydrogen-bond acceptors (Lipinski definition) is 4. The predicted molar refractivity (Wildman–Crippen MR) is 73.7 cm³/mol. The smallest absolute Gasteiger partial charge is 0.271 e. The first-order valence-electron chi connectivity index (χ1n) is 6.27. The number of carbonyl (C=O) groups excluding carboxylic acids is 1. The first kappa shape index (κ1) is 13.4. The van der Waals surface area contributed by atoms with Gasteiger partial charge in [-0.05, 0) is 25.5 Å². The van der Waals surface area contributed by atoms with E-state index in [1.807, 2.05) is 16.3 Å². The molecule has 2 rings (SSSR count). The maximum Gasteiger partial charge on any atom is 0.271 e. The van der Waals surface area contributed by atoms with Crippen LogP contribution in [0.4, 0.5) is 0 Å². The highest BCUT2D eigenvalue weighted by Gasteiger charge is 2.29. The summed E-state index contributed by atoms with van der Waals surface area (Å²) in [5, 5.41) is 2.97. The average Bonchev–Trinajstić information content (AvgIpc) is 2.97. The number of hydrogen-bond donors (Lipinski definition) is 2. The maximum atomic E-state index is 11.9. The van der Waals surface area contributed by atoms with Gasteiger partial charge < -0.3 is 15.6 Å². The molecular weight excluding hydrogens is 248 g/mol. The van der Waals surface area contributed by atoms with Gasteiger partial charge in [-0.1, -0.05) is 0 Å². The van der Waals surface area contributed by atoms with Crippen molar-refractivity contribution < 1.29 is 4.79 Å². The summed E-state index contributed by atoms with van der Waals surface area (Å²) in [5.41, 5.74) is 5.92. The highest BCUT2D eigenvalue weighted by atomic mass is 32.2. The Morgan fingerprint density at radius 1 is 1.72 bits per heavy atom. The minimum atomic E-state index is -0.0977. The van der Waals surface area contributed by atoms with Gasteiger partial charge in [-0.3, -0.25) is 4.79 Å². The molecule has 0 aromatic carbocycles. The topological polar surface area (TPSA) is 72.9 Å². The molecule has 1 aromatic heterocycles. The number of nitrogens with two attached hydrogens (primary N) is 1. The van der Waals surface area contributed by atoms with Gasteiger partial charge in [0, 0.05) is 30.6 Å². The van der Waals surface area contributed by atoms with E-state index >= 15 is 0 Å². The normalized spacial score (nSPS) is 23.2. The Kier molecular flexibility index (Phi) is 4.29. The molecule has 0 bridgehead atoms. The Labute approximate surface area is 112 Å². The number of carbonyl (C=O) groups is 1. The van der Waals surface area contributed by atoms with E-state index in [0.717, 1.165) is 0 Å². The van der Waals surface area contributed by atoms with E-state index in [9.17, 15) is 4.79 Å². The number of imidazole rings is 1. The van der Waals surface area contributed by atoms with Crippen molar-refractivity contribution in [2.45, 2.75) is 31.1 Å². The predicted octanol–water partition coefficient (Wildman–Crippen LogP) is 0.857. The first-order valence-corrected chi connectivity index (χ1v) is 7.25. The van der Waals surface area contributed by atoms with E-state index in [1.54, 1.807) is 12.5 Å². The fourth-order valence-corrected chi connectivity index (χ4v) is 3.33. The summed E-state index contributed by atoms with van der Waals surface area (Å²) in [7, 11) is 0. The summed E-state index contributed by atoms with van der Waals surface area (Å²) in [6.07, 6.45) is 5.79. The van der Waals surface area contributed by atoms with Gasteiger partial charge in [0.1, 0.15) is 5.69 Å². The van der Waals surface area contributed by atoms with Crippen LogP contribution in [-0.2, 0) is 6.54 Å². The van der Waals surface area contributed by atoms with Crippen LogP contribution in [0.3, 0.4) is 0 Å². The first-order chi connectivity index (χ1) is 8.63. The van der Waals surface area contributed by atoms with E-state index in [1.165, 1.54) is 18.6 Å². The van der Waals surface area contributed by atoms with Crippen molar-refractivity contribution >= 4 is 17.7 Å². The second-order valence-electron chi connectivity index (χ2n) is 4.87. The van der Waals surface area contributed by atoms with Crippen LogP contribution in [0.25, 0.3) is 0 Å². The van der Waals surface area contributed by atoms with E-state index in [4.69, 9.17) is 5.73 Å². The second kappa shape index (κ2) is 5.75.